The Morgan fingerprint density at radius 2 is 1.67 bits per heavy atom. The molecule has 0 aromatic heterocycles. The minimum absolute atomic E-state index is 0.307. The van der Waals surface area contributed by atoms with Crippen molar-refractivity contribution in [1.82, 2.24) is 9.80 Å². The topological polar surface area (TPSA) is 23.6 Å². The summed E-state index contributed by atoms with van der Waals surface area (Å²) in [6.45, 7) is 6.67. The molecule has 3 nitrogen and oxygen atoms in total. The maximum Gasteiger partial charge on any atom is 0.222 e. The lowest BCUT2D eigenvalue weighted by Crippen LogP contribution is -2.48. The van der Waals surface area contributed by atoms with Gasteiger partial charge in [-0.1, -0.05) is 72.3 Å². The van der Waals surface area contributed by atoms with E-state index in [1.54, 1.807) is 0 Å². The normalized spacial score (nSPS) is 15.4. The molecule has 1 aliphatic heterocycles. The molecule has 0 unspecified atom stereocenters. The molecule has 1 saturated heterocycles. The van der Waals surface area contributed by atoms with Crippen molar-refractivity contribution in [3.05, 3.63) is 77.4 Å². The van der Waals surface area contributed by atoms with Crippen LogP contribution in [-0.4, -0.2) is 48.4 Å². The number of amides is 1. The number of hydrogen-bond acceptors (Lipinski definition) is 2. The first-order valence-electron chi connectivity index (χ1n) is 9.98. The summed E-state index contributed by atoms with van der Waals surface area (Å²) in [6, 6.07) is 19.0. The van der Waals surface area contributed by atoms with Gasteiger partial charge in [-0.25, -0.2) is 0 Å². The molecular formula is C24H30N2O. The largest absolute Gasteiger partial charge is 0.340 e. The van der Waals surface area contributed by atoms with Gasteiger partial charge in [-0.2, -0.15) is 0 Å². The van der Waals surface area contributed by atoms with Crippen LogP contribution in [0.2, 0.25) is 0 Å². The van der Waals surface area contributed by atoms with E-state index in [1.807, 2.05) is 11.0 Å². The minimum atomic E-state index is 0.307. The number of piperazine rings is 1. The van der Waals surface area contributed by atoms with Crippen LogP contribution in [0.5, 0.6) is 0 Å². The monoisotopic (exact) mass is 362 g/mol. The molecule has 0 radical (unpaired) electrons. The molecule has 142 valence electrons. The molecule has 0 bridgehead atoms. The zero-order chi connectivity index (χ0) is 18.9. The molecule has 1 heterocycles. The van der Waals surface area contributed by atoms with Crippen molar-refractivity contribution >= 4 is 12.0 Å². The van der Waals surface area contributed by atoms with Gasteiger partial charge in [0.1, 0.15) is 0 Å². The van der Waals surface area contributed by atoms with Gasteiger partial charge in [-0.05, 0) is 30.9 Å². The van der Waals surface area contributed by atoms with Crippen LogP contribution in [0.15, 0.2) is 60.7 Å². The van der Waals surface area contributed by atoms with Gasteiger partial charge in [-0.15, -0.1) is 0 Å². The summed E-state index contributed by atoms with van der Waals surface area (Å²) >= 11 is 0. The zero-order valence-electron chi connectivity index (χ0n) is 16.3. The first-order chi connectivity index (χ1) is 13.2. The van der Waals surface area contributed by atoms with E-state index in [4.69, 9.17) is 0 Å². The average Bonchev–Trinajstić information content (AvgIpc) is 2.71. The lowest BCUT2D eigenvalue weighted by molar-refractivity contribution is -0.132. The van der Waals surface area contributed by atoms with Crippen molar-refractivity contribution in [2.45, 2.75) is 26.2 Å². The van der Waals surface area contributed by atoms with E-state index in [1.165, 1.54) is 16.7 Å². The summed E-state index contributed by atoms with van der Waals surface area (Å²) in [4.78, 5) is 16.9. The van der Waals surface area contributed by atoms with Gasteiger partial charge in [0.25, 0.3) is 0 Å². The zero-order valence-corrected chi connectivity index (χ0v) is 16.3. The van der Waals surface area contributed by atoms with Crippen molar-refractivity contribution in [2.75, 3.05) is 32.7 Å². The van der Waals surface area contributed by atoms with Gasteiger partial charge in [-0.3, -0.25) is 9.69 Å². The van der Waals surface area contributed by atoms with E-state index in [0.717, 1.165) is 45.6 Å². The average molecular weight is 363 g/mol. The SMILES string of the molecule is Cc1ccc(CCCC(=O)N2CCN(C/C=C/c3ccccc3)CC2)cc1. The molecule has 1 aliphatic rings. The predicted molar refractivity (Wildman–Crippen MR) is 113 cm³/mol. The smallest absolute Gasteiger partial charge is 0.222 e. The quantitative estimate of drug-likeness (QED) is 0.738. The van der Waals surface area contributed by atoms with E-state index in [0.29, 0.717) is 12.3 Å². The summed E-state index contributed by atoms with van der Waals surface area (Å²) in [6.07, 6.45) is 6.96. The summed E-state index contributed by atoms with van der Waals surface area (Å²) in [5.74, 6) is 0.307. The van der Waals surface area contributed by atoms with E-state index in [9.17, 15) is 4.79 Å². The van der Waals surface area contributed by atoms with E-state index >= 15 is 0 Å². The van der Waals surface area contributed by atoms with Crippen LogP contribution < -0.4 is 0 Å². The van der Waals surface area contributed by atoms with Crippen LogP contribution in [0.1, 0.15) is 29.5 Å². The summed E-state index contributed by atoms with van der Waals surface area (Å²) in [7, 11) is 0. The molecule has 27 heavy (non-hydrogen) atoms. The second-order valence-electron chi connectivity index (χ2n) is 7.33. The van der Waals surface area contributed by atoms with E-state index < -0.39 is 0 Å². The molecule has 0 atom stereocenters. The highest BCUT2D eigenvalue weighted by Crippen LogP contribution is 2.10. The van der Waals surface area contributed by atoms with Gasteiger partial charge >= 0.3 is 0 Å². The number of nitrogens with zero attached hydrogens (tertiary/aromatic N) is 2. The van der Waals surface area contributed by atoms with Crippen LogP contribution in [0.3, 0.4) is 0 Å². The van der Waals surface area contributed by atoms with Gasteiger partial charge < -0.3 is 4.90 Å². The highest BCUT2D eigenvalue weighted by Gasteiger charge is 2.19. The lowest BCUT2D eigenvalue weighted by Gasteiger charge is -2.34. The highest BCUT2D eigenvalue weighted by molar-refractivity contribution is 5.76. The molecular weight excluding hydrogens is 332 g/mol. The molecule has 1 fully saturated rings. The Balaban J connectivity index is 1.34. The Morgan fingerprint density at radius 1 is 0.963 bits per heavy atom. The lowest BCUT2D eigenvalue weighted by atomic mass is 10.1. The fourth-order valence-corrected chi connectivity index (χ4v) is 3.44. The molecule has 0 N–H and O–H groups in total. The third-order valence-corrected chi connectivity index (χ3v) is 5.18. The van der Waals surface area contributed by atoms with Crippen LogP contribution in [0.4, 0.5) is 0 Å². The first-order valence-corrected chi connectivity index (χ1v) is 9.98. The molecule has 3 rings (SSSR count). The molecule has 0 saturated carbocycles. The number of aryl methyl sites for hydroxylation is 2. The van der Waals surface area contributed by atoms with Crippen LogP contribution >= 0.6 is 0 Å². The summed E-state index contributed by atoms with van der Waals surface area (Å²) in [5.41, 5.74) is 3.84. The minimum Gasteiger partial charge on any atom is -0.340 e. The van der Waals surface area contributed by atoms with Gasteiger partial charge in [0.05, 0.1) is 0 Å². The van der Waals surface area contributed by atoms with Gasteiger partial charge in [0, 0.05) is 39.1 Å². The van der Waals surface area contributed by atoms with Crippen LogP contribution in [0, 0.1) is 6.92 Å². The van der Waals surface area contributed by atoms with Gasteiger partial charge in [0.2, 0.25) is 5.91 Å². The first kappa shape index (κ1) is 19.4. The molecule has 0 aliphatic carbocycles. The number of rotatable bonds is 7. The second-order valence-corrected chi connectivity index (χ2v) is 7.33. The Morgan fingerprint density at radius 3 is 2.37 bits per heavy atom. The Kier molecular flexibility index (Phi) is 7.23. The fourth-order valence-electron chi connectivity index (χ4n) is 3.44. The second kappa shape index (κ2) is 10.1. The third-order valence-electron chi connectivity index (χ3n) is 5.18. The molecule has 1 amide bonds. The van der Waals surface area contributed by atoms with Crippen molar-refractivity contribution in [3.63, 3.8) is 0 Å². The Hall–Kier alpha value is -2.39. The Labute approximate surface area is 163 Å². The molecule has 0 spiro atoms. The van der Waals surface area contributed by atoms with Crippen LogP contribution in [0.25, 0.3) is 6.08 Å². The number of carbonyl (C=O) groups is 1. The summed E-state index contributed by atoms with van der Waals surface area (Å²) in [5, 5.41) is 0. The predicted octanol–water partition coefficient (Wildman–Crippen LogP) is 4.18. The maximum atomic E-state index is 12.4. The molecule has 3 heteroatoms. The van der Waals surface area contributed by atoms with Crippen molar-refractivity contribution < 1.29 is 4.79 Å². The van der Waals surface area contributed by atoms with E-state index in [-0.39, 0.29) is 0 Å². The third kappa shape index (κ3) is 6.37. The van der Waals surface area contributed by atoms with Crippen molar-refractivity contribution in [3.8, 4) is 0 Å². The van der Waals surface area contributed by atoms with Crippen molar-refractivity contribution in [2.24, 2.45) is 0 Å². The Bertz CT molecular complexity index is 729. The van der Waals surface area contributed by atoms with Gasteiger partial charge in [0.15, 0.2) is 0 Å². The van der Waals surface area contributed by atoms with E-state index in [2.05, 4.69) is 72.5 Å². The van der Waals surface area contributed by atoms with Crippen molar-refractivity contribution in [1.29, 1.82) is 0 Å². The molecule has 2 aromatic carbocycles. The number of carbonyl (C=O) groups excluding carboxylic acids is 1. The number of benzene rings is 2. The molecule has 2 aromatic rings. The summed E-state index contributed by atoms with van der Waals surface area (Å²) < 4.78 is 0. The fraction of sp³-hybridized carbons (Fsp3) is 0.375. The van der Waals surface area contributed by atoms with Crippen LogP contribution in [-0.2, 0) is 11.2 Å². The number of hydrogen-bond donors (Lipinski definition) is 0. The highest BCUT2D eigenvalue weighted by atomic mass is 16.2. The standard InChI is InChI=1S/C24H30N2O/c1-21-12-14-23(15-13-21)9-5-11-24(27)26-19-17-25(18-20-26)16-6-10-22-7-3-2-4-8-22/h2-4,6-8,10,12-15H,5,9,11,16-20H2,1H3/b10-6+. The maximum absolute atomic E-state index is 12.4.